The van der Waals surface area contributed by atoms with Crippen molar-refractivity contribution in [2.45, 2.75) is 32.9 Å². The van der Waals surface area contributed by atoms with Gasteiger partial charge in [0.05, 0.1) is 0 Å². The van der Waals surface area contributed by atoms with Crippen LogP contribution in [0.3, 0.4) is 0 Å². The average Bonchev–Trinajstić information content (AvgIpc) is 2.34. The molecule has 0 spiro atoms. The molecule has 1 aliphatic heterocycles. The molecule has 1 N–H and O–H groups in total. The molecule has 3 heteroatoms. The Bertz CT molecular complexity index is 378. The van der Waals surface area contributed by atoms with Crippen LogP contribution >= 0.6 is 0 Å². The van der Waals surface area contributed by atoms with Crippen molar-refractivity contribution in [3.63, 3.8) is 0 Å². The van der Waals surface area contributed by atoms with Crippen LogP contribution in [-0.2, 0) is 6.54 Å². The lowest BCUT2D eigenvalue weighted by Crippen LogP contribution is -2.49. The number of nitrogens with zero attached hydrogens (tertiary/aromatic N) is 1. The van der Waals surface area contributed by atoms with Gasteiger partial charge in [-0.25, -0.2) is 4.39 Å². The third-order valence-electron chi connectivity index (χ3n) is 3.54. The average molecular weight is 236 g/mol. The van der Waals surface area contributed by atoms with Crippen molar-refractivity contribution in [2.24, 2.45) is 0 Å². The predicted octanol–water partition coefficient (Wildman–Crippen LogP) is 2.32. The Labute approximate surface area is 103 Å². The molecule has 0 aliphatic carbocycles. The minimum Gasteiger partial charge on any atom is -0.311 e. The van der Waals surface area contributed by atoms with E-state index in [9.17, 15) is 4.39 Å². The van der Waals surface area contributed by atoms with E-state index < -0.39 is 0 Å². The molecule has 1 aromatic carbocycles. The monoisotopic (exact) mass is 236 g/mol. The van der Waals surface area contributed by atoms with Gasteiger partial charge in [0.2, 0.25) is 0 Å². The van der Waals surface area contributed by atoms with E-state index in [1.807, 2.05) is 13.0 Å². The molecule has 94 valence electrons. The van der Waals surface area contributed by atoms with Gasteiger partial charge in [-0.3, -0.25) is 4.90 Å². The number of hydrogen-bond donors (Lipinski definition) is 1. The zero-order valence-corrected chi connectivity index (χ0v) is 10.7. The van der Waals surface area contributed by atoms with E-state index in [0.717, 1.165) is 38.2 Å². The van der Waals surface area contributed by atoms with E-state index in [1.54, 1.807) is 6.07 Å². The second kappa shape index (κ2) is 5.61. The Kier molecular flexibility index (Phi) is 4.13. The minimum atomic E-state index is -0.132. The normalized spacial score (nSPS) is 21.7. The van der Waals surface area contributed by atoms with Crippen molar-refractivity contribution < 1.29 is 4.39 Å². The smallest absolute Gasteiger partial charge is 0.123 e. The quantitative estimate of drug-likeness (QED) is 0.866. The number of benzene rings is 1. The first kappa shape index (κ1) is 12.5. The maximum atomic E-state index is 13.2. The summed E-state index contributed by atoms with van der Waals surface area (Å²) >= 11 is 0. The highest BCUT2D eigenvalue weighted by Crippen LogP contribution is 2.14. The highest BCUT2D eigenvalue weighted by Gasteiger charge is 2.18. The lowest BCUT2D eigenvalue weighted by Gasteiger charge is -2.33. The third-order valence-corrected chi connectivity index (χ3v) is 3.54. The van der Waals surface area contributed by atoms with Gasteiger partial charge >= 0.3 is 0 Å². The molecule has 0 aromatic heterocycles. The van der Waals surface area contributed by atoms with Gasteiger partial charge in [-0.1, -0.05) is 13.0 Å². The fourth-order valence-electron chi connectivity index (χ4n) is 2.36. The van der Waals surface area contributed by atoms with Gasteiger partial charge in [-0.15, -0.1) is 0 Å². The summed E-state index contributed by atoms with van der Waals surface area (Å²) in [5.74, 6) is -0.132. The summed E-state index contributed by atoms with van der Waals surface area (Å²) in [6, 6.07) is 5.64. The van der Waals surface area contributed by atoms with Gasteiger partial charge < -0.3 is 5.32 Å². The van der Waals surface area contributed by atoms with Crippen LogP contribution < -0.4 is 5.32 Å². The number of nitrogens with one attached hydrogen (secondary N) is 1. The van der Waals surface area contributed by atoms with Crippen LogP contribution in [0, 0.1) is 12.7 Å². The molecule has 17 heavy (non-hydrogen) atoms. The number of piperazine rings is 1. The second-order valence-corrected chi connectivity index (χ2v) is 4.87. The van der Waals surface area contributed by atoms with E-state index in [4.69, 9.17) is 0 Å². The summed E-state index contributed by atoms with van der Waals surface area (Å²) in [5.41, 5.74) is 2.29. The molecule has 0 amide bonds. The Balaban J connectivity index is 2.02. The highest BCUT2D eigenvalue weighted by molar-refractivity contribution is 5.26. The summed E-state index contributed by atoms with van der Waals surface area (Å²) in [7, 11) is 0. The molecule has 1 atom stereocenters. The number of aryl methyl sites for hydroxylation is 1. The van der Waals surface area contributed by atoms with Crippen molar-refractivity contribution in [1.29, 1.82) is 0 Å². The maximum Gasteiger partial charge on any atom is 0.123 e. The first-order chi connectivity index (χ1) is 8.19. The highest BCUT2D eigenvalue weighted by atomic mass is 19.1. The van der Waals surface area contributed by atoms with Gasteiger partial charge in [0, 0.05) is 32.2 Å². The van der Waals surface area contributed by atoms with Gasteiger partial charge in [0.15, 0.2) is 0 Å². The molecule has 1 fully saturated rings. The molecular weight excluding hydrogens is 215 g/mol. The topological polar surface area (TPSA) is 15.3 Å². The largest absolute Gasteiger partial charge is 0.311 e. The third kappa shape index (κ3) is 3.27. The van der Waals surface area contributed by atoms with Crippen LogP contribution in [0.25, 0.3) is 0 Å². The Morgan fingerprint density at radius 3 is 3.06 bits per heavy atom. The van der Waals surface area contributed by atoms with Crippen LogP contribution in [0.15, 0.2) is 18.2 Å². The van der Waals surface area contributed by atoms with E-state index in [0.29, 0.717) is 6.04 Å². The number of rotatable bonds is 3. The van der Waals surface area contributed by atoms with E-state index in [-0.39, 0.29) is 5.82 Å². The van der Waals surface area contributed by atoms with Crippen molar-refractivity contribution in [3.05, 3.63) is 35.1 Å². The Morgan fingerprint density at radius 1 is 1.47 bits per heavy atom. The van der Waals surface area contributed by atoms with E-state index in [1.165, 1.54) is 11.6 Å². The zero-order chi connectivity index (χ0) is 12.3. The van der Waals surface area contributed by atoms with Crippen molar-refractivity contribution in [2.75, 3.05) is 19.6 Å². The molecule has 1 unspecified atom stereocenters. The molecule has 1 heterocycles. The molecule has 0 bridgehead atoms. The molecule has 2 rings (SSSR count). The number of hydrogen-bond acceptors (Lipinski definition) is 2. The van der Waals surface area contributed by atoms with Crippen molar-refractivity contribution in [3.8, 4) is 0 Å². The lowest BCUT2D eigenvalue weighted by atomic mass is 10.1. The molecule has 0 saturated carbocycles. The van der Waals surface area contributed by atoms with Crippen molar-refractivity contribution in [1.82, 2.24) is 10.2 Å². The van der Waals surface area contributed by atoms with E-state index in [2.05, 4.69) is 17.1 Å². The van der Waals surface area contributed by atoms with Gasteiger partial charge in [-0.2, -0.15) is 0 Å². The number of halogens is 1. The molecule has 2 nitrogen and oxygen atoms in total. The fraction of sp³-hybridized carbons (Fsp3) is 0.571. The summed E-state index contributed by atoms with van der Waals surface area (Å²) in [4.78, 5) is 2.41. The van der Waals surface area contributed by atoms with Crippen molar-refractivity contribution >= 4 is 0 Å². The summed E-state index contributed by atoms with van der Waals surface area (Å²) in [6.45, 7) is 8.26. The molecule has 0 radical (unpaired) electrons. The first-order valence-electron chi connectivity index (χ1n) is 6.40. The van der Waals surface area contributed by atoms with Crippen LogP contribution in [0.2, 0.25) is 0 Å². The zero-order valence-electron chi connectivity index (χ0n) is 10.7. The first-order valence-corrected chi connectivity index (χ1v) is 6.40. The van der Waals surface area contributed by atoms with Crippen LogP contribution in [-0.4, -0.2) is 30.6 Å². The molecule has 1 aromatic rings. The summed E-state index contributed by atoms with van der Waals surface area (Å²) in [5, 5.41) is 3.49. The SMILES string of the molecule is CCC1CN(Cc2cc(F)ccc2C)CCN1. The fourth-order valence-corrected chi connectivity index (χ4v) is 2.36. The van der Waals surface area contributed by atoms with Gasteiger partial charge in [-0.05, 0) is 36.6 Å². The van der Waals surface area contributed by atoms with Crippen LogP contribution in [0.4, 0.5) is 4.39 Å². The van der Waals surface area contributed by atoms with Gasteiger partial charge in [0.1, 0.15) is 5.82 Å². The maximum absolute atomic E-state index is 13.2. The molecular formula is C14H21FN2. The summed E-state index contributed by atoms with van der Waals surface area (Å²) < 4.78 is 13.2. The standard InChI is InChI=1S/C14H21FN2/c1-3-14-10-17(7-6-16-14)9-12-8-13(15)5-4-11(12)2/h4-5,8,14,16H,3,6-7,9-10H2,1-2H3. The Morgan fingerprint density at radius 2 is 2.29 bits per heavy atom. The molecule has 1 saturated heterocycles. The molecule has 1 aliphatic rings. The van der Waals surface area contributed by atoms with Crippen LogP contribution in [0.5, 0.6) is 0 Å². The minimum absolute atomic E-state index is 0.132. The van der Waals surface area contributed by atoms with E-state index >= 15 is 0 Å². The Hall–Kier alpha value is -0.930. The van der Waals surface area contributed by atoms with Gasteiger partial charge in [0.25, 0.3) is 0 Å². The summed E-state index contributed by atoms with van der Waals surface area (Å²) in [6.07, 6.45) is 1.15. The lowest BCUT2D eigenvalue weighted by molar-refractivity contribution is 0.189. The predicted molar refractivity (Wildman–Crippen MR) is 68.5 cm³/mol. The second-order valence-electron chi connectivity index (χ2n) is 4.87. The van der Waals surface area contributed by atoms with Crippen LogP contribution in [0.1, 0.15) is 24.5 Å².